The molecule has 1 aromatic rings. The van der Waals surface area contributed by atoms with E-state index in [0.717, 1.165) is 91.4 Å². The van der Waals surface area contributed by atoms with Crippen molar-refractivity contribution in [2.75, 3.05) is 72.2 Å². The van der Waals surface area contributed by atoms with E-state index in [-0.39, 0.29) is 5.41 Å². The van der Waals surface area contributed by atoms with E-state index < -0.39 is 0 Å². The van der Waals surface area contributed by atoms with Gasteiger partial charge >= 0.3 is 0 Å². The van der Waals surface area contributed by atoms with Crippen LogP contribution in [-0.4, -0.2) is 92.8 Å². The van der Waals surface area contributed by atoms with Gasteiger partial charge in [-0.3, -0.25) is 9.69 Å². The first-order chi connectivity index (χ1) is 14.3. The summed E-state index contributed by atoms with van der Waals surface area (Å²) >= 11 is 0. The zero-order chi connectivity index (χ0) is 19.9. The van der Waals surface area contributed by atoms with E-state index >= 15 is 0 Å². The summed E-state index contributed by atoms with van der Waals surface area (Å²) in [5.74, 6) is 0.397. The fourth-order valence-electron chi connectivity index (χ4n) is 4.88. The zero-order valence-corrected chi connectivity index (χ0v) is 17.6. The van der Waals surface area contributed by atoms with Crippen LogP contribution in [0.2, 0.25) is 0 Å². The number of benzene rings is 1. The highest BCUT2D eigenvalue weighted by Crippen LogP contribution is 2.40. The van der Waals surface area contributed by atoms with Gasteiger partial charge in [-0.1, -0.05) is 30.3 Å². The number of hydrogen-bond donors (Lipinski definition) is 0. The highest BCUT2D eigenvalue weighted by Gasteiger charge is 2.50. The minimum absolute atomic E-state index is 0.115. The molecule has 1 amide bonds. The second-order valence-corrected chi connectivity index (χ2v) is 8.69. The van der Waals surface area contributed by atoms with E-state index in [4.69, 9.17) is 9.47 Å². The molecule has 0 aliphatic carbocycles. The third-order valence-corrected chi connectivity index (χ3v) is 6.70. The summed E-state index contributed by atoms with van der Waals surface area (Å²) < 4.78 is 11.2. The topological polar surface area (TPSA) is 45.2 Å². The molecule has 0 radical (unpaired) electrons. The Morgan fingerprint density at radius 2 is 1.72 bits per heavy atom. The van der Waals surface area contributed by atoms with Gasteiger partial charge in [0.15, 0.2) is 0 Å². The fourth-order valence-corrected chi connectivity index (χ4v) is 4.88. The molecule has 0 aromatic heterocycles. The van der Waals surface area contributed by atoms with Crippen molar-refractivity contribution in [2.45, 2.75) is 25.9 Å². The summed E-state index contributed by atoms with van der Waals surface area (Å²) in [6.07, 6.45) is 3.07. The standard InChI is InChI=1S/C23H35N3O3/c27-22-23(8-11-26(22)13-12-24-14-17-28-18-15-24)7-10-25(20-23)9-4-16-29-19-21-5-2-1-3-6-21/h1-3,5-6H,4,7-20H2. The second-order valence-electron chi connectivity index (χ2n) is 8.69. The van der Waals surface area contributed by atoms with E-state index in [9.17, 15) is 4.79 Å². The molecule has 3 aliphatic heterocycles. The third-order valence-electron chi connectivity index (χ3n) is 6.70. The van der Waals surface area contributed by atoms with E-state index in [0.29, 0.717) is 12.5 Å². The molecule has 3 heterocycles. The Bertz CT molecular complexity index is 650. The second kappa shape index (κ2) is 10.0. The van der Waals surface area contributed by atoms with E-state index in [1.54, 1.807) is 0 Å². The molecular formula is C23H35N3O3. The van der Waals surface area contributed by atoms with Crippen LogP contribution in [0.25, 0.3) is 0 Å². The molecule has 160 valence electrons. The lowest BCUT2D eigenvalue weighted by Crippen LogP contribution is -2.43. The number of carbonyl (C=O) groups excluding carboxylic acids is 1. The van der Waals surface area contributed by atoms with Gasteiger partial charge in [0.1, 0.15) is 0 Å². The summed E-state index contributed by atoms with van der Waals surface area (Å²) in [7, 11) is 0. The maximum atomic E-state index is 13.1. The SMILES string of the molecule is O=C1N(CCN2CCOCC2)CCC12CCN(CCCOCc1ccccc1)C2. The van der Waals surface area contributed by atoms with E-state index in [1.807, 2.05) is 18.2 Å². The van der Waals surface area contributed by atoms with Crippen LogP contribution < -0.4 is 0 Å². The Labute approximate surface area is 174 Å². The molecule has 1 spiro atoms. The number of hydrogen-bond acceptors (Lipinski definition) is 5. The van der Waals surface area contributed by atoms with Gasteiger partial charge in [-0.25, -0.2) is 0 Å². The first-order valence-electron chi connectivity index (χ1n) is 11.2. The van der Waals surface area contributed by atoms with Crippen LogP contribution >= 0.6 is 0 Å². The molecule has 1 aromatic carbocycles. The third kappa shape index (κ3) is 5.37. The van der Waals surface area contributed by atoms with Gasteiger partial charge in [0.2, 0.25) is 5.91 Å². The van der Waals surface area contributed by atoms with Crippen molar-refractivity contribution in [1.82, 2.24) is 14.7 Å². The van der Waals surface area contributed by atoms with Gasteiger partial charge in [-0.05, 0) is 31.4 Å². The predicted octanol–water partition coefficient (Wildman–Crippen LogP) is 1.85. The number of rotatable bonds is 9. The molecule has 3 fully saturated rings. The van der Waals surface area contributed by atoms with Crippen molar-refractivity contribution >= 4 is 5.91 Å². The van der Waals surface area contributed by atoms with Crippen molar-refractivity contribution in [3.63, 3.8) is 0 Å². The molecule has 0 saturated carbocycles. The molecule has 29 heavy (non-hydrogen) atoms. The van der Waals surface area contributed by atoms with Gasteiger partial charge in [-0.2, -0.15) is 0 Å². The zero-order valence-electron chi connectivity index (χ0n) is 17.6. The van der Waals surface area contributed by atoms with Crippen LogP contribution in [0.3, 0.4) is 0 Å². The number of nitrogens with zero attached hydrogens (tertiary/aromatic N) is 3. The first kappa shape index (κ1) is 20.8. The van der Waals surface area contributed by atoms with Gasteiger partial charge in [0.25, 0.3) is 0 Å². The van der Waals surface area contributed by atoms with Crippen LogP contribution in [0.5, 0.6) is 0 Å². The van der Waals surface area contributed by atoms with Crippen LogP contribution in [0, 0.1) is 5.41 Å². The van der Waals surface area contributed by atoms with Crippen molar-refractivity contribution in [3.8, 4) is 0 Å². The van der Waals surface area contributed by atoms with Crippen molar-refractivity contribution in [2.24, 2.45) is 5.41 Å². The molecule has 0 bridgehead atoms. The Balaban J connectivity index is 1.14. The van der Waals surface area contributed by atoms with Crippen LogP contribution in [0.15, 0.2) is 30.3 Å². The van der Waals surface area contributed by atoms with E-state index in [1.165, 1.54) is 5.56 Å². The summed E-state index contributed by atoms with van der Waals surface area (Å²) in [6, 6.07) is 10.3. The Morgan fingerprint density at radius 1 is 0.931 bits per heavy atom. The molecule has 3 aliphatic rings. The summed E-state index contributed by atoms with van der Waals surface area (Å²) in [5.41, 5.74) is 1.11. The molecule has 4 rings (SSSR count). The number of ether oxygens (including phenoxy) is 2. The van der Waals surface area contributed by atoms with Gasteiger partial charge in [-0.15, -0.1) is 0 Å². The van der Waals surface area contributed by atoms with Crippen LogP contribution in [-0.2, 0) is 20.9 Å². The lowest BCUT2D eigenvalue weighted by atomic mass is 9.85. The predicted molar refractivity (Wildman–Crippen MR) is 113 cm³/mol. The highest BCUT2D eigenvalue weighted by molar-refractivity contribution is 5.85. The monoisotopic (exact) mass is 401 g/mol. The number of carbonyl (C=O) groups is 1. The molecule has 0 N–H and O–H groups in total. The first-order valence-corrected chi connectivity index (χ1v) is 11.2. The van der Waals surface area contributed by atoms with Crippen molar-refractivity contribution in [1.29, 1.82) is 0 Å². The Hall–Kier alpha value is -1.47. The maximum absolute atomic E-state index is 13.1. The summed E-state index contributed by atoms with van der Waals surface area (Å²) in [6.45, 7) is 10.9. The fraction of sp³-hybridized carbons (Fsp3) is 0.696. The minimum Gasteiger partial charge on any atom is -0.379 e. The molecule has 6 nitrogen and oxygen atoms in total. The van der Waals surface area contributed by atoms with Gasteiger partial charge < -0.3 is 19.3 Å². The normalized spacial score (nSPS) is 26.1. The largest absolute Gasteiger partial charge is 0.379 e. The van der Waals surface area contributed by atoms with Crippen LogP contribution in [0.4, 0.5) is 0 Å². The van der Waals surface area contributed by atoms with Crippen molar-refractivity contribution < 1.29 is 14.3 Å². The molecular weight excluding hydrogens is 366 g/mol. The quantitative estimate of drug-likeness (QED) is 0.591. The number of morpholine rings is 1. The molecule has 3 saturated heterocycles. The van der Waals surface area contributed by atoms with Gasteiger partial charge in [0.05, 0.1) is 25.2 Å². The highest BCUT2D eigenvalue weighted by atomic mass is 16.5. The Morgan fingerprint density at radius 3 is 2.55 bits per heavy atom. The van der Waals surface area contributed by atoms with Crippen LogP contribution in [0.1, 0.15) is 24.8 Å². The smallest absolute Gasteiger partial charge is 0.230 e. The molecule has 1 unspecified atom stereocenters. The Kier molecular flexibility index (Phi) is 7.19. The van der Waals surface area contributed by atoms with E-state index in [2.05, 4.69) is 26.8 Å². The average Bonchev–Trinajstić information content (AvgIpc) is 3.32. The lowest BCUT2D eigenvalue weighted by Gasteiger charge is -2.29. The minimum atomic E-state index is -0.115. The maximum Gasteiger partial charge on any atom is 0.230 e. The number of likely N-dealkylation sites (tertiary alicyclic amines) is 2. The van der Waals surface area contributed by atoms with Crippen molar-refractivity contribution in [3.05, 3.63) is 35.9 Å². The summed E-state index contributed by atoms with van der Waals surface area (Å²) in [4.78, 5) is 20.1. The van der Waals surface area contributed by atoms with Gasteiger partial charge in [0, 0.05) is 52.4 Å². The average molecular weight is 402 g/mol. The summed E-state index contributed by atoms with van der Waals surface area (Å²) in [5, 5.41) is 0. The molecule has 6 heteroatoms. The lowest BCUT2D eigenvalue weighted by molar-refractivity contribution is -0.135. The molecule has 1 atom stereocenters. The number of amides is 1.